The molecule has 1 saturated heterocycles. The maximum atomic E-state index is 12.4. The molecule has 6 heteroatoms. The van der Waals surface area contributed by atoms with Gasteiger partial charge in [0, 0.05) is 25.2 Å². The van der Waals surface area contributed by atoms with Crippen molar-refractivity contribution in [2.75, 3.05) is 20.2 Å². The molecule has 2 aromatic rings. The lowest BCUT2D eigenvalue weighted by molar-refractivity contribution is 0.0949. The molecule has 1 aromatic carbocycles. The minimum Gasteiger partial charge on any atom is -0.497 e. The molecule has 2 heterocycles. The van der Waals surface area contributed by atoms with Gasteiger partial charge in [-0.3, -0.25) is 4.79 Å². The van der Waals surface area contributed by atoms with Crippen LogP contribution in [0.25, 0.3) is 0 Å². The van der Waals surface area contributed by atoms with Crippen LogP contribution in [-0.4, -0.2) is 36.1 Å². The highest BCUT2D eigenvalue weighted by Gasteiger charge is 2.21. The predicted molar refractivity (Wildman–Crippen MR) is 91.2 cm³/mol. The van der Waals surface area contributed by atoms with Gasteiger partial charge in [0.15, 0.2) is 0 Å². The molecule has 126 valence electrons. The van der Waals surface area contributed by atoms with Gasteiger partial charge in [-0.15, -0.1) is 0 Å². The molecule has 0 radical (unpaired) electrons. The lowest BCUT2D eigenvalue weighted by Gasteiger charge is -2.11. The fourth-order valence-electron chi connectivity index (χ4n) is 2.84. The molecule has 1 amide bonds. The summed E-state index contributed by atoms with van der Waals surface area (Å²) in [7, 11) is 1.62. The van der Waals surface area contributed by atoms with E-state index < -0.39 is 0 Å². The zero-order chi connectivity index (χ0) is 16.9. The summed E-state index contributed by atoms with van der Waals surface area (Å²) in [6, 6.07) is 7.63. The first-order valence-corrected chi connectivity index (χ1v) is 8.12. The van der Waals surface area contributed by atoms with Crippen molar-refractivity contribution in [3.8, 4) is 5.75 Å². The number of carbonyl (C=O) groups excluding carboxylic acids is 1. The highest BCUT2D eigenvalue weighted by molar-refractivity contribution is 5.94. The van der Waals surface area contributed by atoms with Gasteiger partial charge in [0.05, 0.1) is 18.4 Å². The Labute approximate surface area is 141 Å². The first kappa shape index (κ1) is 16.4. The number of amides is 1. The Balaban J connectivity index is 1.66. The Morgan fingerprint density at radius 2 is 2.33 bits per heavy atom. The van der Waals surface area contributed by atoms with E-state index >= 15 is 0 Å². The number of benzene rings is 1. The summed E-state index contributed by atoms with van der Waals surface area (Å²) in [4.78, 5) is 21.3. The first-order valence-electron chi connectivity index (χ1n) is 8.12. The topological polar surface area (TPSA) is 76.1 Å². The van der Waals surface area contributed by atoms with Crippen molar-refractivity contribution in [2.45, 2.75) is 25.8 Å². The summed E-state index contributed by atoms with van der Waals surface area (Å²) >= 11 is 0. The van der Waals surface area contributed by atoms with Crippen LogP contribution in [0.4, 0.5) is 0 Å². The van der Waals surface area contributed by atoms with Crippen molar-refractivity contribution in [3.05, 3.63) is 53.1 Å². The fraction of sp³-hybridized carbons (Fsp3) is 0.389. The molecule has 1 aliphatic rings. The molecular weight excluding hydrogens is 304 g/mol. The molecule has 0 unspecified atom stereocenters. The van der Waals surface area contributed by atoms with Crippen LogP contribution in [0.5, 0.6) is 5.75 Å². The van der Waals surface area contributed by atoms with Gasteiger partial charge < -0.3 is 15.4 Å². The standard InChI is InChI=1S/C18H22N4O2/c1-12-16(11-20-17(22-12)14-6-7-19-10-14)18(23)21-9-13-4-3-5-15(8-13)24-2/h3-5,8,11,14,19H,6-7,9-10H2,1-2H3,(H,21,23)/t14-/m0/s1. The Hall–Kier alpha value is -2.47. The summed E-state index contributed by atoms with van der Waals surface area (Å²) < 4.78 is 5.19. The molecular formula is C18H22N4O2. The van der Waals surface area contributed by atoms with Gasteiger partial charge in [-0.2, -0.15) is 0 Å². The first-order chi connectivity index (χ1) is 11.7. The van der Waals surface area contributed by atoms with Gasteiger partial charge in [-0.05, 0) is 37.6 Å². The van der Waals surface area contributed by atoms with E-state index in [4.69, 9.17) is 4.74 Å². The van der Waals surface area contributed by atoms with E-state index in [1.807, 2.05) is 31.2 Å². The van der Waals surface area contributed by atoms with Crippen molar-refractivity contribution >= 4 is 5.91 Å². The average molecular weight is 326 g/mol. The van der Waals surface area contributed by atoms with Gasteiger partial charge in [0.2, 0.25) is 0 Å². The van der Waals surface area contributed by atoms with E-state index in [2.05, 4.69) is 20.6 Å². The maximum Gasteiger partial charge on any atom is 0.254 e. The van der Waals surface area contributed by atoms with Crippen LogP contribution in [-0.2, 0) is 6.54 Å². The molecule has 2 N–H and O–H groups in total. The lowest BCUT2D eigenvalue weighted by Crippen LogP contribution is -2.24. The Bertz CT molecular complexity index is 727. The summed E-state index contributed by atoms with van der Waals surface area (Å²) in [6.07, 6.45) is 2.68. The van der Waals surface area contributed by atoms with Crippen LogP contribution in [0.2, 0.25) is 0 Å². The number of ether oxygens (including phenoxy) is 1. The molecule has 3 rings (SSSR count). The van der Waals surface area contributed by atoms with E-state index in [9.17, 15) is 4.79 Å². The number of aryl methyl sites for hydroxylation is 1. The molecule has 24 heavy (non-hydrogen) atoms. The fourth-order valence-corrected chi connectivity index (χ4v) is 2.84. The van der Waals surface area contributed by atoms with E-state index in [-0.39, 0.29) is 5.91 Å². The summed E-state index contributed by atoms with van der Waals surface area (Å²) in [5.74, 6) is 1.78. The summed E-state index contributed by atoms with van der Waals surface area (Å²) in [5.41, 5.74) is 2.22. The number of aromatic nitrogens is 2. The molecule has 0 spiro atoms. The zero-order valence-corrected chi connectivity index (χ0v) is 14.0. The Kier molecular flexibility index (Phi) is 5.05. The molecule has 6 nitrogen and oxygen atoms in total. The highest BCUT2D eigenvalue weighted by atomic mass is 16.5. The quantitative estimate of drug-likeness (QED) is 0.876. The van der Waals surface area contributed by atoms with E-state index in [1.165, 1.54) is 0 Å². The van der Waals surface area contributed by atoms with Crippen LogP contribution in [0.1, 0.15) is 39.8 Å². The van der Waals surface area contributed by atoms with Crippen molar-refractivity contribution < 1.29 is 9.53 Å². The van der Waals surface area contributed by atoms with E-state index in [0.717, 1.165) is 42.3 Å². The van der Waals surface area contributed by atoms with Crippen LogP contribution >= 0.6 is 0 Å². The van der Waals surface area contributed by atoms with Crippen molar-refractivity contribution in [3.63, 3.8) is 0 Å². The minimum absolute atomic E-state index is 0.161. The summed E-state index contributed by atoms with van der Waals surface area (Å²) in [5, 5.41) is 6.22. The Morgan fingerprint density at radius 3 is 3.04 bits per heavy atom. The second-order valence-electron chi connectivity index (χ2n) is 5.95. The van der Waals surface area contributed by atoms with Crippen molar-refractivity contribution in [2.24, 2.45) is 0 Å². The third-order valence-corrected chi connectivity index (χ3v) is 4.26. The molecule has 1 atom stereocenters. The predicted octanol–water partition coefficient (Wildman–Crippen LogP) is 1.80. The van der Waals surface area contributed by atoms with E-state index in [0.29, 0.717) is 18.0 Å². The van der Waals surface area contributed by atoms with Gasteiger partial charge in [0.1, 0.15) is 11.6 Å². The smallest absolute Gasteiger partial charge is 0.254 e. The SMILES string of the molecule is COc1cccc(CNC(=O)c2cnc([C@H]3CCNC3)nc2C)c1. The van der Waals surface area contributed by atoms with Crippen LogP contribution < -0.4 is 15.4 Å². The number of methoxy groups -OCH3 is 1. The third kappa shape index (κ3) is 3.71. The second kappa shape index (κ2) is 7.40. The van der Waals surface area contributed by atoms with Gasteiger partial charge in [-0.25, -0.2) is 9.97 Å². The number of nitrogens with one attached hydrogen (secondary N) is 2. The number of hydrogen-bond donors (Lipinski definition) is 2. The molecule has 0 saturated carbocycles. The number of carbonyl (C=O) groups is 1. The van der Waals surface area contributed by atoms with Crippen LogP contribution in [0.3, 0.4) is 0 Å². The lowest BCUT2D eigenvalue weighted by atomic mass is 10.1. The largest absolute Gasteiger partial charge is 0.497 e. The van der Waals surface area contributed by atoms with Gasteiger partial charge in [0.25, 0.3) is 5.91 Å². The van der Waals surface area contributed by atoms with Gasteiger partial charge >= 0.3 is 0 Å². The number of rotatable bonds is 5. The van der Waals surface area contributed by atoms with Crippen LogP contribution in [0, 0.1) is 6.92 Å². The normalized spacial score (nSPS) is 16.8. The molecule has 1 aliphatic heterocycles. The third-order valence-electron chi connectivity index (χ3n) is 4.26. The van der Waals surface area contributed by atoms with Gasteiger partial charge in [-0.1, -0.05) is 12.1 Å². The zero-order valence-electron chi connectivity index (χ0n) is 14.0. The molecule has 0 bridgehead atoms. The average Bonchev–Trinajstić information content (AvgIpc) is 3.14. The van der Waals surface area contributed by atoms with E-state index in [1.54, 1.807) is 13.3 Å². The minimum atomic E-state index is -0.161. The number of hydrogen-bond acceptors (Lipinski definition) is 5. The second-order valence-corrected chi connectivity index (χ2v) is 5.95. The summed E-state index contributed by atoms with van der Waals surface area (Å²) in [6.45, 7) is 4.19. The van der Waals surface area contributed by atoms with Crippen LogP contribution in [0.15, 0.2) is 30.5 Å². The molecule has 1 aromatic heterocycles. The highest BCUT2D eigenvalue weighted by Crippen LogP contribution is 2.19. The maximum absolute atomic E-state index is 12.4. The molecule has 0 aliphatic carbocycles. The monoisotopic (exact) mass is 326 g/mol. The molecule has 1 fully saturated rings. The number of nitrogens with zero attached hydrogens (tertiary/aromatic N) is 2. The van der Waals surface area contributed by atoms with Crippen molar-refractivity contribution in [1.29, 1.82) is 0 Å². The van der Waals surface area contributed by atoms with Crippen molar-refractivity contribution in [1.82, 2.24) is 20.6 Å². The Morgan fingerprint density at radius 1 is 1.46 bits per heavy atom.